The minimum Gasteiger partial charge on any atom is -0.451 e. The predicted molar refractivity (Wildman–Crippen MR) is 108 cm³/mol. The number of nitro groups is 1. The van der Waals surface area contributed by atoms with Crippen LogP contribution in [0.5, 0.6) is 0 Å². The van der Waals surface area contributed by atoms with Gasteiger partial charge in [0.25, 0.3) is 11.6 Å². The Morgan fingerprint density at radius 1 is 1.21 bits per heavy atom. The molecule has 1 aromatic heterocycles. The number of hydrogen-bond donors (Lipinski definition) is 2. The molecule has 10 heteroatoms. The molecule has 0 saturated heterocycles. The normalized spacial score (nSPS) is 10.4. The van der Waals surface area contributed by atoms with Crippen molar-refractivity contribution in [2.24, 2.45) is 0 Å². The lowest BCUT2D eigenvalue weighted by Gasteiger charge is -2.07. The number of ether oxygens (including phenoxy) is 1. The Balaban J connectivity index is 1.60. The zero-order valence-electron chi connectivity index (χ0n) is 15.1. The standard InChI is InChI=1S/C19H15BrN4O5/c1-11-2-7-14(17(8-11)24(27)28)21-18(25)10-29-19(26)16-9-15(22-23-16)12-3-5-13(20)6-4-12/h2-9H,10H2,1H3,(H,21,25)(H,22,23). The number of nitro benzene ring substituents is 1. The molecule has 2 N–H and O–H groups in total. The van der Waals surface area contributed by atoms with E-state index in [1.165, 1.54) is 18.2 Å². The number of halogens is 1. The molecule has 0 fully saturated rings. The summed E-state index contributed by atoms with van der Waals surface area (Å²) in [6.45, 7) is 1.10. The van der Waals surface area contributed by atoms with E-state index in [-0.39, 0.29) is 17.1 Å². The number of nitrogens with zero attached hydrogens (tertiary/aromatic N) is 2. The number of hydrogen-bond acceptors (Lipinski definition) is 6. The van der Waals surface area contributed by atoms with Crippen molar-refractivity contribution < 1.29 is 19.2 Å². The molecule has 1 amide bonds. The number of amides is 1. The molecule has 3 aromatic rings. The summed E-state index contributed by atoms with van der Waals surface area (Å²) in [5.74, 6) is -1.47. The molecule has 9 nitrogen and oxygen atoms in total. The third-order valence-corrected chi connectivity index (χ3v) is 4.42. The molecule has 0 aliphatic rings. The van der Waals surface area contributed by atoms with Crippen LogP contribution in [0.4, 0.5) is 11.4 Å². The Bertz CT molecular complexity index is 1080. The predicted octanol–water partition coefficient (Wildman–Crippen LogP) is 3.85. The zero-order chi connectivity index (χ0) is 21.0. The van der Waals surface area contributed by atoms with E-state index in [2.05, 4.69) is 31.4 Å². The molecule has 148 valence electrons. The van der Waals surface area contributed by atoms with Crippen LogP contribution in [0.3, 0.4) is 0 Å². The van der Waals surface area contributed by atoms with E-state index in [0.717, 1.165) is 10.0 Å². The van der Waals surface area contributed by atoms with Gasteiger partial charge >= 0.3 is 5.97 Å². The van der Waals surface area contributed by atoms with Crippen molar-refractivity contribution in [2.75, 3.05) is 11.9 Å². The van der Waals surface area contributed by atoms with Gasteiger partial charge in [-0.05, 0) is 36.8 Å². The number of rotatable bonds is 6. The van der Waals surface area contributed by atoms with Gasteiger partial charge in [0.2, 0.25) is 0 Å². The highest BCUT2D eigenvalue weighted by atomic mass is 79.9. The number of aryl methyl sites for hydroxylation is 1. The molecule has 0 atom stereocenters. The molecular formula is C19H15BrN4O5. The molecule has 2 aromatic carbocycles. The molecule has 0 saturated carbocycles. The van der Waals surface area contributed by atoms with Gasteiger partial charge in [-0.15, -0.1) is 0 Å². The number of carbonyl (C=O) groups is 2. The van der Waals surface area contributed by atoms with Crippen LogP contribution in [-0.2, 0) is 9.53 Å². The van der Waals surface area contributed by atoms with Crippen LogP contribution in [0.25, 0.3) is 11.3 Å². The molecule has 0 aliphatic carbocycles. The fourth-order valence-electron chi connectivity index (χ4n) is 2.49. The minimum atomic E-state index is -0.769. The number of esters is 1. The molecule has 0 radical (unpaired) electrons. The first-order chi connectivity index (χ1) is 13.8. The molecule has 29 heavy (non-hydrogen) atoms. The Kier molecular flexibility index (Phi) is 6.03. The van der Waals surface area contributed by atoms with Gasteiger partial charge < -0.3 is 10.1 Å². The first kappa shape index (κ1) is 20.2. The molecule has 0 aliphatic heterocycles. The van der Waals surface area contributed by atoms with Gasteiger partial charge in [-0.1, -0.05) is 34.1 Å². The van der Waals surface area contributed by atoms with Crippen LogP contribution in [0.15, 0.2) is 53.0 Å². The third kappa shape index (κ3) is 5.05. The fourth-order valence-corrected chi connectivity index (χ4v) is 2.75. The van der Waals surface area contributed by atoms with Crippen LogP contribution in [0, 0.1) is 17.0 Å². The van der Waals surface area contributed by atoms with E-state index in [4.69, 9.17) is 4.74 Å². The number of carbonyl (C=O) groups excluding carboxylic acids is 2. The van der Waals surface area contributed by atoms with Crippen molar-refractivity contribution >= 4 is 39.2 Å². The number of aromatic nitrogens is 2. The largest absolute Gasteiger partial charge is 0.451 e. The van der Waals surface area contributed by atoms with E-state index >= 15 is 0 Å². The van der Waals surface area contributed by atoms with Gasteiger partial charge in [0.15, 0.2) is 6.61 Å². The van der Waals surface area contributed by atoms with Gasteiger partial charge in [0, 0.05) is 16.1 Å². The number of anilines is 1. The van der Waals surface area contributed by atoms with Crippen molar-refractivity contribution in [3.63, 3.8) is 0 Å². The van der Waals surface area contributed by atoms with Crippen molar-refractivity contribution in [3.05, 3.63) is 74.4 Å². The van der Waals surface area contributed by atoms with Gasteiger partial charge in [0.1, 0.15) is 11.4 Å². The molecule has 1 heterocycles. The summed E-state index contributed by atoms with van der Waals surface area (Å²) in [5.41, 5.74) is 1.90. The monoisotopic (exact) mass is 458 g/mol. The summed E-state index contributed by atoms with van der Waals surface area (Å²) in [6, 6.07) is 13.3. The average molecular weight is 459 g/mol. The summed E-state index contributed by atoms with van der Waals surface area (Å²) in [4.78, 5) is 34.7. The van der Waals surface area contributed by atoms with Gasteiger partial charge in [-0.2, -0.15) is 5.10 Å². The molecule has 0 bridgehead atoms. The second kappa shape index (κ2) is 8.65. The first-order valence-corrected chi connectivity index (χ1v) is 9.16. The second-order valence-electron chi connectivity index (χ2n) is 6.08. The van der Waals surface area contributed by atoms with Crippen LogP contribution >= 0.6 is 15.9 Å². The zero-order valence-corrected chi connectivity index (χ0v) is 16.7. The van der Waals surface area contributed by atoms with Crippen LogP contribution in [0.1, 0.15) is 16.1 Å². The van der Waals surface area contributed by atoms with Gasteiger partial charge in [0.05, 0.1) is 10.6 Å². The number of benzene rings is 2. The second-order valence-corrected chi connectivity index (χ2v) is 6.99. The summed E-state index contributed by atoms with van der Waals surface area (Å²) in [7, 11) is 0. The van der Waals surface area contributed by atoms with Crippen LogP contribution < -0.4 is 5.32 Å². The highest BCUT2D eigenvalue weighted by Gasteiger charge is 2.18. The third-order valence-electron chi connectivity index (χ3n) is 3.90. The van der Waals surface area contributed by atoms with E-state index < -0.39 is 23.4 Å². The van der Waals surface area contributed by atoms with Gasteiger partial charge in [-0.3, -0.25) is 20.0 Å². The SMILES string of the molecule is Cc1ccc(NC(=O)COC(=O)c2cc(-c3ccc(Br)cc3)n[nH]2)c([N+](=O)[O-])c1. The quantitative estimate of drug-likeness (QED) is 0.328. The lowest BCUT2D eigenvalue weighted by Crippen LogP contribution is -2.21. The molecule has 0 spiro atoms. The first-order valence-electron chi connectivity index (χ1n) is 8.37. The van der Waals surface area contributed by atoms with Crippen molar-refractivity contribution in [1.82, 2.24) is 10.2 Å². The highest BCUT2D eigenvalue weighted by Crippen LogP contribution is 2.25. The number of nitrogens with one attached hydrogen (secondary N) is 2. The van der Waals surface area contributed by atoms with Crippen molar-refractivity contribution in [2.45, 2.75) is 6.92 Å². The topological polar surface area (TPSA) is 127 Å². The lowest BCUT2D eigenvalue weighted by molar-refractivity contribution is -0.384. The maximum atomic E-state index is 12.1. The van der Waals surface area contributed by atoms with E-state index in [0.29, 0.717) is 11.3 Å². The molecule has 3 rings (SSSR count). The summed E-state index contributed by atoms with van der Waals surface area (Å²) >= 11 is 3.34. The van der Waals surface area contributed by atoms with Crippen LogP contribution in [-0.4, -0.2) is 33.6 Å². The van der Waals surface area contributed by atoms with Gasteiger partial charge in [-0.25, -0.2) is 4.79 Å². The smallest absolute Gasteiger partial charge is 0.356 e. The Labute approximate surface area is 173 Å². The summed E-state index contributed by atoms with van der Waals surface area (Å²) < 4.78 is 5.87. The lowest BCUT2D eigenvalue weighted by atomic mass is 10.1. The fraction of sp³-hybridized carbons (Fsp3) is 0.105. The van der Waals surface area contributed by atoms with Crippen molar-refractivity contribution in [1.29, 1.82) is 0 Å². The Morgan fingerprint density at radius 3 is 2.62 bits per heavy atom. The van der Waals surface area contributed by atoms with Crippen LogP contribution in [0.2, 0.25) is 0 Å². The Hall–Kier alpha value is -3.53. The molecule has 0 unspecified atom stereocenters. The van der Waals surface area contributed by atoms with E-state index in [1.54, 1.807) is 13.0 Å². The van der Waals surface area contributed by atoms with Crippen molar-refractivity contribution in [3.8, 4) is 11.3 Å². The van der Waals surface area contributed by atoms with E-state index in [1.807, 2.05) is 24.3 Å². The highest BCUT2D eigenvalue weighted by molar-refractivity contribution is 9.10. The number of aromatic amines is 1. The maximum Gasteiger partial charge on any atom is 0.356 e. The minimum absolute atomic E-state index is 0.0284. The van der Waals surface area contributed by atoms with E-state index in [9.17, 15) is 19.7 Å². The molecular weight excluding hydrogens is 444 g/mol. The average Bonchev–Trinajstić information content (AvgIpc) is 3.18. The maximum absolute atomic E-state index is 12.1. The summed E-state index contributed by atoms with van der Waals surface area (Å²) in [5, 5.41) is 20.1. The number of H-pyrrole nitrogens is 1. The Morgan fingerprint density at radius 2 is 1.93 bits per heavy atom. The summed E-state index contributed by atoms with van der Waals surface area (Å²) in [6.07, 6.45) is 0.